The zero-order chi connectivity index (χ0) is 15.8. The van der Waals surface area contributed by atoms with Crippen LogP contribution in [0.4, 0.5) is 13.2 Å². The molecule has 0 bridgehead atoms. The van der Waals surface area contributed by atoms with Crippen LogP contribution < -0.4 is 0 Å². The molecule has 112 valence electrons. The second kappa shape index (κ2) is 5.40. The Morgan fingerprint density at radius 2 is 2.10 bits per heavy atom. The first-order valence-electron chi connectivity index (χ1n) is 5.83. The Hall–Kier alpha value is -2.02. The van der Waals surface area contributed by atoms with Crippen molar-refractivity contribution in [3.8, 4) is 0 Å². The number of imidazole rings is 1. The Kier molecular flexibility index (Phi) is 3.95. The lowest BCUT2D eigenvalue weighted by Gasteiger charge is -2.09. The van der Waals surface area contributed by atoms with Crippen molar-refractivity contribution in [3.05, 3.63) is 47.0 Å². The van der Waals surface area contributed by atoms with Gasteiger partial charge in [0, 0.05) is 32.6 Å². The maximum atomic E-state index is 12.8. The van der Waals surface area contributed by atoms with Gasteiger partial charge in [0.1, 0.15) is 5.69 Å². The first kappa shape index (κ1) is 15.4. The summed E-state index contributed by atoms with van der Waals surface area (Å²) in [4.78, 5) is 17.5. The van der Waals surface area contributed by atoms with Gasteiger partial charge in [0.15, 0.2) is 5.65 Å². The summed E-state index contributed by atoms with van der Waals surface area (Å²) in [6.45, 7) is 0. The molecule has 0 N–H and O–H groups in total. The quantitative estimate of drug-likeness (QED) is 0.644. The SMILES string of the molecule is CN(C)C=CC(=O)c1cnc2c(Cl)cc(C(F)(F)F)cn12. The molecule has 4 nitrogen and oxygen atoms in total. The monoisotopic (exact) mass is 317 g/mol. The first-order chi connectivity index (χ1) is 9.70. The van der Waals surface area contributed by atoms with E-state index in [4.69, 9.17) is 11.6 Å². The molecule has 0 aliphatic heterocycles. The Balaban J connectivity index is 2.56. The summed E-state index contributed by atoms with van der Waals surface area (Å²) in [6, 6.07) is 0.786. The second-order valence-corrected chi connectivity index (χ2v) is 4.96. The van der Waals surface area contributed by atoms with Gasteiger partial charge in [0.25, 0.3) is 0 Å². The molecule has 0 unspecified atom stereocenters. The van der Waals surface area contributed by atoms with E-state index in [1.165, 1.54) is 18.5 Å². The van der Waals surface area contributed by atoms with Crippen molar-refractivity contribution in [3.63, 3.8) is 0 Å². The number of alkyl halides is 3. The number of fused-ring (bicyclic) bond motifs is 1. The molecule has 0 spiro atoms. The number of carbonyl (C=O) groups excluding carboxylic acids is 1. The Morgan fingerprint density at radius 3 is 2.67 bits per heavy atom. The molecule has 0 aromatic carbocycles. The van der Waals surface area contributed by atoms with E-state index in [1.807, 2.05) is 0 Å². The number of nitrogens with zero attached hydrogens (tertiary/aromatic N) is 3. The maximum absolute atomic E-state index is 12.8. The van der Waals surface area contributed by atoms with Crippen molar-refractivity contribution in [1.29, 1.82) is 0 Å². The van der Waals surface area contributed by atoms with Crippen molar-refractivity contribution in [1.82, 2.24) is 14.3 Å². The van der Waals surface area contributed by atoms with E-state index in [0.29, 0.717) is 0 Å². The van der Waals surface area contributed by atoms with E-state index in [0.717, 1.165) is 16.7 Å². The number of carbonyl (C=O) groups is 1. The summed E-state index contributed by atoms with van der Waals surface area (Å²) < 4.78 is 39.4. The highest BCUT2D eigenvalue weighted by Crippen LogP contribution is 2.32. The number of halogens is 4. The summed E-state index contributed by atoms with van der Waals surface area (Å²) in [5.41, 5.74) is -0.828. The van der Waals surface area contributed by atoms with Crippen LogP contribution in [0, 0.1) is 0 Å². The number of aromatic nitrogens is 2. The minimum Gasteiger partial charge on any atom is -0.383 e. The third kappa shape index (κ3) is 3.18. The summed E-state index contributed by atoms with van der Waals surface area (Å²) in [5, 5.41) is -0.166. The van der Waals surface area contributed by atoms with Crippen LogP contribution in [0.1, 0.15) is 16.1 Å². The van der Waals surface area contributed by atoms with Crippen LogP contribution >= 0.6 is 11.6 Å². The number of hydrogen-bond donors (Lipinski definition) is 0. The Bertz CT molecular complexity index is 719. The molecule has 0 amide bonds. The van der Waals surface area contributed by atoms with Gasteiger partial charge < -0.3 is 4.90 Å². The van der Waals surface area contributed by atoms with Crippen molar-refractivity contribution >= 4 is 23.0 Å². The highest BCUT2D eigenvalue weighted by atomic mass is 35.5. The van der Waals surface area contributed by atoms with Crippen LogP contribution in [-0.4, -0.2) is 34.2 Å². The van der Waals surface area contributed by atoms with Crippen molar-refractivity contribution in [2.45, 2.75) is 6.18 Å². The van der Waals surface area contributed by atoms with Crippen LogP contribution in [0.25, 0.3) is 5.65 Å². The van der Waals surface area contributed by atoms with Crippen LogP contribution in [0.3, 0.4) is 0 Å². The topological polar surface area (TPSA) is 37.6 Å². The molecule has 2 rings (SSSR count). The molecular weight excluding hydrogens is 307 g/mol. The minimum atomic E-state index is -4.55. The largest absolute Gasteiger partial charge is 0.417 e. The predicted octanol–water partition coefficient (Wildman–Crippen LogP) is 3.26. The van der Waals surface area contributed by atoms with Crippen molar-refractivity contribution < 1.29 is 18.0 Å². The fourth-order valence-corrected chi connectivity index (χ4v) is 1.94. The third-order valence-corrected chi connectivity index (χ3v) is 2.94. The number of rotatable bonds is 3. The van der Waals surface area contributed by atoms with Crippen LogP contribution in [0.5, 0.6) is 0 Å². The molecule has 2 aromatic heterocycles. The molecular formula is C13H11ClF3N3O. The lowest BCUT2D eigenvalue weighted by molar-refractivity contribution is -0.137. The highest BCUT2D eigenvalue weighted by molar-refractivity contribution is 6.33. The number of pyridine rings is 1. The summed E-state index contributed by atoms with van der Waals surface area (Å²) >= 11 is 5.79. The number of ketones is 1. The molecule has 0 saturated heterocycles. The Morgan fingerprint density at radius 1 is 1.43 bits per heavy atom. The van der Waals surface area contributed by atoms with E-state index in [9.17, 15) is 18.0 Å². The van der Waals surface area contributed by atoms with Gasteiger partial charge in [-0.2, -0.15) is 13.2 Å². The average Bonchev–Trinajstić information content (AvgIpc) is 2.79. The second-order valence-electron chi connectivity index (χ2n) is 4.56. The van der Waals surface area contributed by atoms with Gasteiger partial charge in [-0.3, -0.25) is 9.20 Å². The van der Waals surface area contributed by atoms with Crippen LogP contribution in [0.15, 0.2) is 30.7 Å². The Labute approximate surface area is 123 Å². The fourth-order valence-electron chi connectivity index (χ4n) is 1.69. The van der Waals surface area contributed by atoms with Gasteiger partial charge >= 0.3 is 6.18 Å². The van der Waals surface area contributed by atoms with E-state index in [1.54, 1.807) is 19.0 Å². The van der Waals surface area contributed by atoms with E-state index >= 15 is 0 Å². The standard InChI is InChI=1S/C13H11ClF3N3O/c1-19(2)4-3-11(21)10-6-18-12-9(14)5-8(7-20(10)12)13(15,16)17/h3-7H,1-2H3. The van der Waals surface area contributed by atoms with Crippen molar-refractivity contribution in [2.75, 3.05) is 14.1 Å². The zero-order valence-corrected chi connectivity index (χ0v) is 11.9. The lowest BCUT2D eigenvalue weighted by Crippen LogP contribution is -2.09. The average molecular weight is 318 g/mol. The molecule has 2 heterocycles. The van der Waals surface area contributed by atoms with Gasteiger partial charge in [-0.1, -0.05) is 11.6 Å². The van der Waals surface area contributed by atoms with E-state index in [-0.39, 0.29) is 16.4 Å². The lowest BCUT2D eigenvalue weighted by atomic mass is 10.2. The number of hydrogen-bond acceptors (Lipinski definition) is 3. The van der Waals surface area contributed by atoms with Gasteiger partial charge in [-0.25, -0.2) is 4.98 Å². The molecule has 0 aliphatic rings. The van der Waals surface area contributed by atoms with Gasteiger partial charge in [-0.05, 0) is 6.07 Å². The normalized spacial score (nSPS) is 12.3. The van der Waals surface area contributed by atoms with Crippen molar-refractivity contribution in [2.24, 2.45) is 0 Å². The molecule has 0 radical (unpaired) electrons. The molecule has 2 aromatic rings. The van der Waals surface area contributed by atoms with E-state index in [2.05, 4.69) is 4.98 Å². The smallest absolute Gasteiger partial charge is 0.383 e. The zero-order valence-electron chi connectivity index (χ0n) is 11.1. The van der Waals surface area contributed by atoms with Gasteiger partial charge in [-0.15, -0.1) is 0 Å². The molecule has 0 aliphatic carbocycles. The summed E-state index contributed by atoms with van der Waals surface area (Å²) in [7, 11) is 3.44. The fraction of sp³-hybridized carbons (Fsp3) is 0.231. The maximum Gasteiger partial charge on any atom is 0.417 e. The third-order valence-electron chi connectivity index (χ3n) is 2.66. The van der Waals surface area contributed by atoms with Gasteiger partial charge in [0.05, 0.1) is 16.8 Å². The van der Waals surface area contributed by atoms with Gasteiger partial charge in [0.2, 0.25) is 5.78 Å². The summed E-state index contributed by atoms with van der Waals surface area (Å²) in [5.74, 6) is -0.466. The van der Waals surface area contributed by atoms with E-state index < -0.39 is 17.5 Å². The summed E-state index contributed by atoms with van der Waals surface area (Å²) in [6.07, 6.45) is 0.200. The molecule has 0 atom stereocenters. The molecule has 21 heavy (non-hydrogen) atoms. The highest BCUT2D eigenvalue weighted by Gasteiger charge is 2.32. The predicted molar refractivity (Wildman–Crippen MR) is 72.4 cm³/mol. The minimum absolute atomic E-state index is 0.0103. The van der Waals surface area contributed by atoms with Crippen LogP contribution in [-0.2, 0) is 6.18 Å². The molecule has 8 heteroatoms. The number of allylic oxidation sites excluding steroid dienone is 1. The molecule has 0 fully saturated rings. The molecule has 0 saturated carbocycles. The first-order valence-corrected chi connectivity index (χ1v) is 6.20. The van der Waals surface area contributed by atoms with Crippen LogP contribution in [0.2, 0.25) is 5.02 Å².